The van der Waals surface area contributed by atoms with Gasteiger partial charge in [0.25, 0.3) is 5.91 Å². The molecule has 0 spiro atoms. The summed E-state index contributed by atoms with van der Waals surface area (Å²) in [6.45, 7) is 2.53. The Labute approximate surface area is 155 Å². The van der Waals surface area contributed by atoms with Crippen LogP contribution >= 0.6 is 0 Å². The van der Waals surface area contributed by atoms with Crippen molar-refractivity contribution >= 4 is 22.9 Å². The van der Waals surface area contributed by atoms with Crippen molar-refractivity contribution in [3.8, 4) is 0 Å². The van der Waals surface area contributed by atoms with E-state index >= 15 is 0 Å². The Bertz CT molecular complexity index is 984. The molecule has 2 aliphatic rings. The Morgan fingerprint density at radius 2 is 1.89 bits per heavy atom. The molecule has 27 heavy (non-hydrogen) atoms. The summed E-state index contributed by atoms with van der Waals surface area (Å²) in [6.07, 6.45) is 5.53. The van der Waals surface area contributed by atoms with E-state index in [9.17, 15) is 4.79 Å². The maximum absolute atomic E-state index is 13.1. The zero-order valence-electron chi connectivity index (χ0n) is 14.7. The number of carbonyl (C=O) groups is 1. The van der Waals surface area contributed by atoms with Crippen molar-refractivity contribution in [3.05, 3.63) is 41.7 Å². The number of rotatable bonds is 3. The van der Waals surface area contributed by atoms with E-state index in [4.69, 9.17) is 5.73 Å². The van der Waals surface area contributed by atoms with Crippen LogP contribution in [-0.2, 0) is 6.54 Å². The number of benzene rings is 1. The molecule has 9 heteroatoms. The number of H-pyrrole nitrogens is 1. The molecule has 2 atom stereocenters. The molecule has 0 aliphatic carbocycles. The van der Waals surface area contributed by atoms with E-state index in [2.05, 4.69) is 30.3 Å². The van der Waals surface area contributed by atoms with Crippen LogP contribution < -0.4 is 5.73 Å². The molecule has 1 aromatic carbocycles. The summed E-state index contributed by atoms with van der Waals surface area (Å²) in [6, 6.07) is 6.11. The molecular formula is C18H20N8O. The number of nitrogens with two attached hydrogens (primary N) is 1. The van der Waals surface area contributed by atoms with Crippen LogP contribution in [0, 0.1) is 0 Å². The Balaban J connectivity index is 1.31. The van der Waals surface area contributed by atoms with Crippen LogP contribution in [0.25, 0.3) is 11.0 Å². The molecule has 9 nitrogen and oxygen atoms in total. The predicted octanol–water partition coefficient (Wildman–Crippen LogP) is 0.819. The highest BCUT2D eigenvalue weighted by Gasteiger charge is 2.44. The number of aromatic amines is 1. The fourth-order valence-electron chi connectivity index (χ4n) is 4.34. The van der Waals surface area contributed by atoms with Crippen LogP contribution in [0.1, 0.15) is 28.8 Å². The van der Waals surface area contributed by atoms with Crippen molar-refractivity contribution in [2.75, 3.05) is 18.8 Å². The zero-order valence-corrected chi connectivity index (χ0v) is 14.7. The number of hydrogen-bond donors (Lipinski definition) is 2. The number of anilines is 1. The second-order valence-corrected chi connectivity index (χ2v) is 7.16. The minimum atomic E-state index is 0.0741. The predicted molar refractivity (Wildman–Crippen MR) is 98.6 cm³/mol. The largest absolute Gasteiger partial charge is 0.368 e. The third kappa shape index (κ3) is 2.80. The molecule has 2 saturated heterocycles. The van der Waals surface area contributed by atoms with Crippen molar-refractivity contribution in [1.82, 2.24) is 35.2 Å². The summed E-state index contributed by atoms with van der Waals surface area (Å²) >= 11 is 0. The van der Waals surface area contributed by atoms with Gasteiger partial charge < -0.3 is 10.6 Å². The molecule has 2 aliphatic heterocycles. The SMILES string of the molecule is Nc1ncc(CN2CC[C@H]3[C@@H]2CCN3C(=O)c2ccc3n[nH]nc3c2)cn1. The number of nitrogen functional groups attached to an aromatic ring is 1. The van der Waals surface area contributed by atoms with Crippen LogP contribution in [0.15, 0.2) is 30.6 Å². The van der Waals surface area contributed by atoms with E-state index in [1.807, 2.05) is 23.1 Å². The number of likely N-dealkylation sites (tertiary alicyclic amines) is 2. The first-order valence-corrected chi connectivity index (χ1v) is 9.11. The lowest BCUT2D eigenvalue weighted by Crippen LogP contribution is -2.39. The van der Waals surface area contributed by atoms with Gasteiger partial charge in [0, 0.05) is 55.2 Å². The molecule has 4 heterocycles. The van der Waals surface area contributed by atoms with Crippen molar-refractivity contribution < 1.29 is 4.79 Å². The van der Waals surface area contributed by atoms with E-state index in [-0.39, 0.29) is 11.9 Å². The Kier molecular flexibility index (Phi) is 3.75. The summed E-state index contributed by atoms with van der Waals surface area (Å²) in [5, 5.41) is 10.7. The lowest BCUT2D eigenvalue weighted by molar-refractivity contribution is 0.0732. The smallest absolute Gasteiger partial charge is 0.254 e. The van der Waals surface area contributed by atoms with Crippen LogP contribution in [0.5, 0.6) is 0 Å². The fraction of sp³-hybridized carbons (Fsp3) is 0.389. The van der Waals surface area contributed by atoms with Gasteiger partial charge in [0.1, 0.15) is 11.0 Å². The highest BCUT2D eigenvalue weighted by molar-refractivity contribution is 5.97. The number of nitrogens with one attached hydrogen (secondary N) is 1. The molecule has 1 amide bonds. The van der Waals surface area contributed by atoms with E-state index in [0.29, 0.717) is 23.1 Å². The van der Waals surface area contributed by atoms with Crippen LogP contribution in [0.3, 0.4) is 0 Å². The highest BCUT2D eigenvalue weighted by Crippen LogP contribution is 2.33. The normalized spacial score (nSPS) is 22.4. The van der Waals surface area contributed by atoms with Gasteiger partial charge in [-0.15, -0.1) is 0 Å². The highest BCUT2D eigenvalue weighted by atomic mass is 16.2. The van der Waals surface area contributed by atoms with Crippen molar-refractivity contribution in [1.29, 1.82) is 0 Å². The number of carbonyl (C=O) groups excluding carboxylic acids is 1. The van der Waals surface area contributed by atoms with Crippen LogP contribution in [0.4, 0.5) is 5.95 Å². The first-order chi connectivity index (χ1) is 13.2. The van der Waals surface area contributed by atoms with Gasteiger partial charge in [0.15, 0.2) is 0 Å². The maximum Gasteiger partial charge on any atom is 0.254 e. The number of hydrogen-bond acceptors (Lipinski definition) is 7. The van der Waals surface area contributed by atoms with Crippen molar-refractivity contribution in [2.45, 2.75) is 31.5 Å². The maximum atomic E-state index is 13.1. The summed E-state index contributed by atoms with van der Waals surface area (Å²) in [7, 11) is 0. The summed E-state index contributed by atoms with van der Waals surface area (Å²) in [4.78, 5) is 25.7. The second-order valence-electron chi connectivity index (χ2n) is 7.16. The number of nitrogens with zero attached hydrogens (tertiary/aromatic N) is 6. The first kappa shape index (κ1) is 16.1. The average Bonchev–Trinajstić information content (AvgIpc) is 3.39. The Morgan fingerprint density at radius 1 is 1.11 bits per heavy atom. The van der Waals surface area contributed by atoms with Gasteiger partial charge in [-0.1, -0.05) is 0 Å². The van der Waals surface area contributed by atoms with E-state index < -0.39 is 0 Å². The molecule has 0 saturated carbocycles. The Morgan fingerprint density at radius 3 is 2.74 bits per heavy atom. The van der Waals surface area contributed by atoms with E-state index in [1.54, 1.807) is 12.4 Å². The molecule has 0 bridgehead atoms. The van der Waals surface area contributed by atoms with Gasteiger partial charge in [0.2, 0.25) is 5.95 Å². The van der Waals surface area contributed by atoms with Crippen molar-refractivity contribution in [3.63, 3.8) is 0 Å². The molecule has 0 radical (unpaired) electrons. The average molecular weight is 364 g/mol. The molecule has 138 valence electrons. The molecular weight excluding hydrogens is 344 g/mol. The zero-order chi connectivity index (χ0) is 18.4. The van der Waals surface area contributed by atoms with Gasteiger partial charge in [0.05, 0.1) is 0 Å². The third-order valence-electron chi connectivity index (χ3n) is 5.63. The summed E-state index contributed by atoms with van der Waals surface area (Å²) < 4.78 is 0. The third-order valence-corrected chi connectivity index (χ3v) is 5.63. The molecule has 3 N–H and O–H groups in total. The quantitative estimate of drug-likeness (QED) is 0.706. The molecule has 2 aromatic heterocycles. The number of fused-ring (bicyclic) bond motifs is 2. The fourth-order valence-corrected chi connectivity index (χ4v) is 4.34. The molecule has 2 fully saturated rings. The Hall–Kier alpha value is -3.07. The van der Waals surface area contributed by atoms with Gasteiger partial charge >= 0.3 is 0 Å². The molecule has 5 rings (SSSR count). The standard InChI is InChI=1S/C18H20N8O/c19-18-20-8-11(9-21-18)10-25-5-3-16-15(25)4-6-26(16)17(27)12-1-2-13-14(7-12)23-24-22-13/h1-2,7-9,15-16H,3-6,10H2,(H2,19,20,21)(H,22,23,24)/t15-,16-/m0/s1. The van der Waals surface area contributed by atoms with E-state index in [1.165, 1.54) is 0 Å². The summed E-state index contributed by atoms with van der Waals surface area (Å²) in [5.74, 6) is 0.366. The lowest BCUT2D eigenvalue weighted by atomic mass is 10.1. The minimum Gasteiger partial charge on any atom is -0.368 e. The molecule has 3 aromatic rings. The van der Waals surface area contributed by atoms with E-state index in [0.717, 1.165) is 43.6 Å². The number of amides is 1. The van der Waals surface area contributed by atoms with Crippen molar-refractivity contribution in [2.24, 2.45) is 0 Å². The second kappa shape index (κ2) is 6.27. The van der Waals surface area contributed by atoms with Crippen LogP contribution in [0.2, 0.25) is 0 Å². The number of aromatic nitrogens is 5. The minimum absolute atomic E-state index is 0.0741. The lowest BCUT2D eigenvalue weighted by Gasteiger charge is -2.25. The van der Waals surface area contributed by atoms with Gasteiger partial charge in [-0.3, -0.25) is 9.69 Å². The van der Waals surface area contributed by atoms with Gasteiger partial charge in [-0.05, 0) is 31.0 Å². The molecule has 0 unspecified atom stereocenters. The van der Waals surface area contributed by atoms with Gasteiger partial charge in [-0.2, -0.15) is 15.4 Å². The monoisotopic (exact) mass is 364 g/mol. The first-order valence-electron chi connectivity index (χ1n) is 9.11. The van der Waals surface area contributed by atoms with Crippen LogP contribution in [-0.4, -0.2) is 66.3 Å². The topological polar surface area (TPSA) is 117 Å². The summed E-state index contributed by atoms with van der Waals surface area (Å²) in [5.41, 5.74) is 8.76. The van der Waals surface area contributed by atoms with Gasteiger partial charge in [-0.25, -0.2) is 9.97 Å².